The maximum atomic E-state index is 11.4. The second kappa shape index (κ2) is 6.41. The molecule has 1 saturated carbocycles. The summed E-state index contributed by atoms with van der Waals surface area (Å²) in [7, 11) is 1.62. The van der Waals surface area contributed by atoms with E-state index in [1.54, 1.807) is 13.2 Å². The molecule has 2 rings (SSSR count). The third-order valence-corrected chi connectivity index (χ3v) is 3.73. The Morgan fingerprint density at radius 2 is 1.84 bits per heavy atom. The minimum Gasteiger partial charge on any atom is -0.497 e. The van der Waals surface area contributed by atoms with E-state index in [4.69, 9.17) is 4.74 Å². The second-order valence-electron chi connectivity index (χ2n) is 5.01. The van der Waals surface area contributed by atoms with E-state index in [2.05, 4.69) is 0 Å². The molecular formula is C16H20O3. The summed E-state index contributed by atoms with van der Waals surface area (Å²) in [6.45, 7) is 0. The number of carboxylic acid groups (broad SMARTS) is 1. The largest absolute Gasteiger partial charge is 0.497 e. The maximum absolute atomic E-state index is 11.4. The average Bonchev–Trinajstić information content (AvgIpc) is 2.46. The Bertz CT molecular complexity index is 453. The van der Waals surface area contributed by atoms with Crippen molar-refractivity contribution in [2.24, 2.45) is 5.92 Å². The summed E-state index contributed by atoms with van der Waals surface area (Å²) in [4.78, 5) is 11.4. The third kappa shape index (κ3) is 3.60. The summed E-state index contributed by atoms with van der Waals surface area (Å²) in [5.41, 5.74) is 1.47. The molecule has 3 nitrogen and oxygen atoms in total. The highest BCUT2D eigenvalue weighted by atomic mass is 16.5. The van der Waals surface area contributed by atoms with Crippen LogP contribution in [0.15, 0.2) is 29.8 Å². The lowest BCUT2D eigenvalue weighted by Crippen LogP contribution is -2.15. The Labute approximate surface area is 113 Å². The molecule has 102 valence electrons. The van der Waals surface area contributed by atoms with Gasteiger partial charge < -0.3 is 9.84 Å². The summed E-state index contributed by atoms with van der Waals surface area (Å²) < 4.78 is 5.10. The fraction of sp³-hybridized carbons (Fsp3) is 0.438. The fourth-order valence-corrected chi connectivity index (χ4v) is 2.65. The molecule has 1 fully saturated rings. The molecule has 0 bridgehead atoms. The normalized spacial score (nSPS) is 17.2. The van der Waals surface area contributed by atoms with E-state index in [-0.39, 0.29) is 5.92 Å². The minimum atomic E-state index is -0.789. The van der Waals surface area contributed by atoms with Gasteiger partial charge in [-0.1, -0.05) is 31.4 Å². The molecule has 0 heterocycles. The van der Waals surface area contributed by atoms with Gasteiger partial charge >= 0.3 is 5.97 Å². The van der Waals surface area contributed by atoms with Crippen molar-refractivity contribution in [2.45, 2.75) is 32.1 Å². The highest BCUT2D eigenvalue weighted by Crippen LogP contribution is 2.31. The minimum absolute atomic E-state index is 0.202. The molecule has 0 saturated heterocycles. The van der Waals surface area contributed by atoms with E-state index in [1.807, 2.05) is 24.3 Å². The molecule has 0 spiro atoms. The predicted molar refractivity (Wildman–Crippen MR) is 75.2 cm³/mol. The van der Waals surface area contributed by atoms with Crippen LogP contribution in [0.4, 0.5) is 0 Å². The van der Waals surface area contributed by atoms with E-state index in [9.17, 15) is 9.90 Å². The predicted octanol–water partition coefficient (Wildman–Crippen LogP) is 3.74. The summed E-state index contributed by atoms with van der Waals surface area (Å²) in [6, 6.07) is 7.49. The van der Waals surface area contributed by atoms with Crippen LogP contribution >= 0.6 is 0 Å². The van der Waals surface area contributed by atoms with Crippen molar-refractivity contribution in [1.29, 1.82) is 0 Å². The monoisotopic (exact) mass is 260 g/mol. The van der Waals surface area contributed by atoms with Gasteiger partial charge in [0.2, 0.25) is 0 Å². The van der Waals surface area contributed by atoms with Crippen LogP contribution in [0, 0.1) is 5.92 Å². The van der Waals surface area contributed by atoms with Gasteiger partial charge in [-0.25, -0.2) is 4.79 Å². The van der Waals surface area contributed by atoms with Crippen molar-refractivity contribution < 1.29 is 14.6 Å². The van der Waals surface area contributed by atoms with E-state index in [0.29, 0.717) is 5.57 Å². The molecule has 0 atom stereocenters. The van der Waals surface area contributed by atoms with Crippen LogP contribution in [0.2, 0.25) is 0 Å². The zero-order chi connectivity index (χ0) is 13.7. The second-order valence-corrected chi connectivity index (χ2v) is 5.01. The molecule has 1 aliphatic carbocycles. The van der Waals surface area contributed by atoms with Crippen LogP contribution in [0.1, 0.15) is 37.7 Å². The van der Waals surface area contributed by atoms with Gasteiger partial charge in [0.05, 0.1) is 7.11 Å². The highest BCUT2D eigenvalue weighted by Gasteiger charge is 2.22. The van der Waals surface area contributed by atoms with Gasteiger partial charge in [0.1, 0.15) is 5.75 Å². The molecule has 1 aliphatic rings. The lowest BCUT2D eigenvalue weighted by molar-refractivity contribution is -0.133. The summed E-state index contributed by atoms with van der Waals surface area (Å²) in [5.74, 6) is 0.197. The number of benzene rings is 1. The summed E-state index contributed by atoms with van der Waals surface area (Å²) in [6.07, 6.45) is 7.29. The Morgan fingerprint density at radius 3 is 2.37 bits per heavy atom. The fourth-order valence-electron chi connectivity index (χ4n) is 2.65. The van der Waals surface area contributed by atoms with Crippen molar-refractivity contribution in [3.8, 4) is 5.75 Å². The molecular weight excluding hydrogens is 240 g/mol. The molecule has 0 unspecified atom stereocenters. The highest BCUT2D eigenvalue weighted by molar-refractivity contribution is 5.92. The number of aliphatic carboxylic acids is 1. The van der Waals surface area contributed by atoms with Gasteiger partial charge in [-0.2, -0.15) is 0 Å². The molecule has 1 aromatic rings. The molecule has 0 radical (unpaired) electrons. The SMILES string of the molecule is COc1ccc(C=C(C(=O)O)C2CCCCC2)cc1. The van der Waals surface area contributed by atoms with Crippen molar-refractivity contribution in [3.63, 3.8) is 0 Å². The first-order chi connectivity index (χ1) is 9.20. The van der Waals surface area contributed by atoms with Crippen LogP contribution < -0.4 is 4.74 Å². The molecule has 19 heavy (non-hydrogen) atoms. The van der Waals surface area contributed by atoms with Gasteiger partial charge in [-0.3, -0.25) is 0 Å². The van der Waals surface area contributed by atoms with E-state index in [1.165, 1.54) is 6.42 Å². The number of methoxy groups -OCH3 is 1. The number of hydrogen-bond acceptors (Lipinski definition) is 2. The first-order valence-corrected chi connectivity index (χ1v) is 6.79. The molecule has 1 aromatic carbocycles. The first kappa shape index (κ1) is 13.7. The van der Waals surface area contributed by atoms with Gasteiger partial charge in [-0.05, 0) is 42.5 Å². The average molecular weight is 260 g/mol. The number of carbonyl (C=O) groups is 1. The Balaban J connectivity index is 2.21. The quantitative estimate of drug-likeness (QED) is 0.839. The Kier molecular flexibility index (Phi) is 4.61. The topological polar surface area (TPSA) is 46.5 Å². The number of ether oxygens (including phenoxy) is 1. The zero-order valence-corrected chi connectivity index (χ0v) is 11.3. The van der Waals surface area contributed by atoms with E-state index in [0.717, 1.165) is 37.0 Å². The maximum Gasteiger partial charge on any atom is 0.331 e. The zero-order valence-electron chi connectivity index (χ0n) is 11.3. The number of carboxylic acids is 1. The van der Waals surface area contributed by atoms with Crippen LogP contribution in [0.25, 0.3) is 6.08 Å². The standard InChI is InChI=1S/C16H20O3/c1-19-14-9-7-12(8-10-14)11-15(16(17)18)13-5-3-2-4-6-13/h7-11,13H,2-6H2,1H3,(H,17,18). The van der Waals surface area contributed by atoms with E-state index < -0.39 is 5.97 Å². The van der Waals surface area contributed by atoms with Crippen LogP contribution in [-0.4, -0.2) is 18.2 Å². The Morgan fingerprint density at radius 1 is 1.21 bits per heavy atom. The summed E-state index contributed by atoms with van der Waals surface area (Å²) >= 11 is 0. The molecule has 1 N–H and O–H groups in total. The van der Waals surface area contributed by atoms with Crippen molar-refractivity contribution in [1.82, 2.24) is 0 Å². The molecule has 0 amide bonds. The molecule has 0 aliphatic heterocycles. The lowest BCUT2D eigenvalue weighted by Gasteiger charge is -2.22. The summed E-state index contributed by atoms with van der Waals surface area (Å²) in [5, 5.41) is 9.39. The van der Waals surface area contributed by atoms with E-state index >= 15 is 0 Å². The van der Waals surface area contributed by atoms with Crippen LogP contribution in [0.3, 0.4) is 0 Å². The van der Waals surface area contributed by atoms with Gasteiger partial charge in [-0.15, -0.1) is 0 Å². The first-order valence-electron chi connectivity index (χ1n) is 6.79. The third-order valence-electron chi connectivity index (χ3n) is 3.73. The van der Waals surface area contributed by atoms with Crippen LogP contribution in [0.5, 0.6) is 5.75 Å². The molecule has 0 aromatic heterocycles. The Hall–Kier alpha value is -1.77. The molecule has 3 heteroatoms. The van der Waals surface area contributed by atoms with Crippen molar-refractivity contribution in [2.75, 3.05) is 7.11 Å². The van der Waals surface area contributed by atoms with Crippen molar-refractivity contribution in [3.05, 3.63) is 35.4 Å². The van der Waals surface area contributed by atoms with Gasteiger partial charge in [0.25, 0.3) is 0 Å². The van der Waals surface area contributed by atoms with Crippen molar-refractivity contribution >= 4 is 12.0 Å². The number of rotatable bonds is 4. The lowest BCUT2D eigenvalue weighted by atomic mass is 9.83. The van der Waals surface area contributed by atoms with Crippen LogP contribution in [-0.2, 0) is 4.79 Å². The smallest absolute Gasteiger partial charge is 0.331 e. The van der Waals surface area contributed by atoms with Gasteiger partial charge in [0, 0.05) is 5.57 Å². The van der Waals surface area contributed by atoms with Gasteiger partial charge in [0.15, 0.2) is 0 Å². The number of hydrogen-bond donors (Lipinski definition) is 1.